The quantitative estimate of drug-likeness (QED) is 0.297. The average Bonchev–Trinajstić information content (AvgIpc) is 2.21. The first-order valence-electron chi connectivity index (χ1n) is 3.81. The normalized spacial score (nSPS) is 10.4. The van der Waals surface area contributed by atoms with Gasteiger partial charge in [-0.2, -0.15) is 10.2 Å². The Morgan fingerprint density at radius 3 is 2.40 bits per heavy atom. The molecule has 0 spiro atoms. The van der Waals surface area contributed by atoms with E-state index in [2.05, 4.69) is 15.3 Å². The van der Waals surface area contributed by atoms with Crippen molar-refractivity contribution in [3.8, 4) is 0 Å². The number of aldehydes is 1. The van der Waals surface area contributed by atoms with Crippen LogP contribution < -0.4 is 11.5 Å². The second kappa shape index (κ2) is 4.31. The SMILES string of the molecule is [B]N=Nc1c(N)cc(N)c(N=N)c1C=O. The number of nitrogen functional groups attached to an aromatic ring is 2. The van der Waals surface area contributed by atoms with Crippen molar-refractivity contribution in [2.75, 3.05) is 11.5 Å². The van der Waals surface area contributed by atoms with Gasteiger partial charge in [-0.1, -0.05) is 0 Å². The van der Waals surface area contributed by atoms with Crippen molar-refractivity contribution in [1.29, 1.82) is 5.53 Å². The summed E-state index contributed by atoms with van der Waals surface area (Å²) in [6, 6.07) is 1.34. The fourth-order valence-electron chi connectivity index (χ4n) is 1.13. The van der Waals surface area contributed by atoms with Crippen molar-refractivity contribution in [1.82, 2.24) is 0 Å². The van der Waals surface area contributed by atoms with E-state index in [4.69, 9.17) is 25.0 Å². The summed E-state index contributed by atoms with van der Waals surface area (Å²) in [6.07, 6.45) is 0.449. The molecular formula is C7H7BN6O. The highest BCUT2D eigenvalue weighted by molar-refractivity contribution is 6.05. The van der Waals surface area contributed by atoms with Crippen molar-refractivity contribution < 1.29 is 4.79 Å². The van der Waals surface area contributed by atoms with Crippen molar-refractivity contribution in [2.24, 2.45) is 15.3 Å². The van der Waals surface area contributed by atoms with Crippen LogP contribution in [0.5, 0.6) is 0 Å². The summed E-state index contributed by atoms with van der Waals surface area (Å²) in [5, 5.41) is 9.62. The number of nitrogens with zero attached hydrogens (tertiary/aromatic N) is 3. The standard InChI is InChI=1S/C7H7BN6O/c8-14-13-7-3(2-15)6(12-11)4(9)1-5(7)10/h1-2,11H,9-10H2. The zero-order chi connectivity index (χ0) is 11.4. The van der Waals surface area contributed by atoms with Crippen LogP contribution in [0.2, 0.25) is 0 Å². The number of anilines is 2. The summed E-state index contributed by atoms with van der Waals surface area (Å²) in [5.74, 6) is 0. The number of nitrogens with two attached hydrogens (primary N) is 2. The third-order valence-corrected chi connectivity index (χ3v) is 1.76. The molecule has 0 unspecified atom stereocenters. The number of benzene rings is 1. The molecule has 1 aromatic carbocycles. The Bertz CT molecular complexity index is 444. The first-order chi connectivity index (χ1) is 7.15. The fraction of sp³-hybridized carbons (Fsp3) is 0. The maximum atomic E-state index is 10.8. The van der Waals surface area contributed by atoms with E-state index < -0.39 is 0 Å². The maximum absolute atomic E-state index is 10.8. The molecule has 5 N–H and O–H groups in total. The molecule has 0 aliphatic rings. The summed E-state index contributed by atoms with van der Waals surface area (Å²) in [6.45, 7) is 0. The summed E-state index contributed by atoms with van der Waals surface area (Å²) in [4.78, 5) is 10.8. The minimum absolute atomic E-state index is 0.00148. The van der Waals surface area contributed by atoms with Crippen molar-refractivity contribution in [3.05, 3.63) is 11.6 Å². The number of hydrogen-bond acceptors (Lipinski definition) is 7. The van der Waals surface area contributed by atoms with E-state index in [1.165, 1.54) is 6.07 Å². The van der Waals surface area contributed by atoms with Gasteiger partial charge >= 0.3 is 0 Å². The Kier molecular flexibility index (Phi) is 3.12. The number of carbonyl (C=O) groups excluding carboxylic acids is 1. The van der Waals surface area contributed by atoms with E-state index in [1.54, 1.807) is 0 Å². The van der Waals surface area contributed by atoms with E-state index in [9.17, 15) is 4.79 Å². The molecule has 0 bridgehead atoms. The Balaban J connectivity index is 3.63. The highest BCUT2D eigenvalue weighted by Crippen LogP contribution is 2.38. The van der Waals surface area contributed by atoms with Gasteiger partial charge in [-0.25, -0.2) is 5.53 Å². The molecule has 0 aliphatic heterocycles. The van der Waals surface area contributed by atoms with Crippen LogP contribution in [0.1, 0.15) is 10.4 Å². The average molecular weight is 202 g/mol. The Labute approximate surface area is 86.5 Å². The van der Waals surface area contributed by atoms with Gasteiger partial charge in [-0.15, -0.1) is 0 Å². The highest BCUT2D eigenvalue weighted by Gasteiger charge is 2.14. The lowest BCUT2D eigenvalue weighted by Crippen LogP contribution is -1.96. The van der Waals surface area contributed by atoms with Crippen molar-refractivity contribution in [2.45, 2.75) is 0 Å². The summed E-state index contributed by atoms with van der Waals surface area (Å²) >= 11 is 0. The highest BCUT2D eigenvalue weighted by atomic mass is 16.1. The largest absolute Gasteiger partial charge is 0.397 e. The van der Waals surface area contributed by atoms with E-state index in [1.807, 2.05) is 0 Å². The predicted octanol–water partition coefficient (Wildman–Crippen LogP) is 1.49. The summed E-state index contributed by atoms with van der Waals surface area (Å²) < 4.78 is 0. The Morgan fingerprint density at radius 1 is 1.33 bits per heavy atom. The molecule has 0 fully saturated rings. The van der Waals surface area contributed by atoms with Crippen LogP contribution in [0.25, 0.3) is 0 Å². The second-order valence-electron chi connectivity index (χ2n) is 2.61. The smallest absolute Gasteiger partial charge is 0.293 e. The Morgan fingerprint density at radius 2 is 1.93 bits per heavy atom. The van der Waals surface area contributed by atoms with Crippen LogP contribution in [0.4, 0.5) is 22.7 Å². The molecule has 0 heterocycles. The van der Waals surface area contributed by atoms with Crippen LogP contribution in [0, 0.1) is 5.53 Å². The van der Waals surface area contributed by atoms with E-state index in [0.717, 1.165) is 0 Å². The van der Waals surface area contributed by atoms with E-state index in [-0.39, 0.29) is 28.3 Å². The van der Waals surface area contributed by atoms with Crippen LogP contribution in [0.3, 0.4) is 0 Å². The topological polar surface area (TPSA) is 130 Å². The molecule has 2 radical (unpaired) electrons. The summed E-state index contributed by atoms with van der Waals surface area (Å²) in [5.41, 5.74) is 18.3. The van der Waals surface area contributed by atoms with Crippen LogP contribution in [0.15, 0.2) is 21.3 Å². The van der Waals surface area contributed by atoms with Crippen LogP contribution in [-0.2, 0) is 0 Å². The van der Waals surface area contributed by atoms with Gasteiger partial charge in [-0.05, 0) is 6.07 Å². The minimum atomic E-state index is -0.00306. The molecule has 0 atom stereocenters. The van der Waals surface area contributed by atoms with Crippen LogP contribution >= 0.6 is 0 Å². The molecule has 1 aromatic rings. The molecule has 0 amide bonds. The lowest BCUT2D eigenvalue weighted by atomic mass is 10.1. The molecule has 0 saturated carbocycles. The number of rotatable bonds is 3. The first-order valence-corrected chi connectivity index (χ1v) is 3.81. The van der Waals surface area contributed by atoms with Gasteiger partial charge in [0.15, 0.2) is 6.29 Å². The van der Waals surface area contributed by atoms with Crippen LogP contribution in [-0.4, -0.2) is 14.3 Å². The van der Waals surface area contributed by atoms with Gasteiger partial charge in [0.25, 0.3) is 7.98 Å². The fourth-order valence-corrected chi connectivity index (χ4v) is 1.13. The monoisotopic (exact) mass is 202 g/mol. The zero-order valence-electron chi connectivity index (χ0n) is 7.64. The lowest BCUT2D eigenvalue weighted by molar-refractivity contribution is 0.112. The Hall–Kier alpha value is -2.25. The number of carbonyl (C=O) groups is 1. The predicted molar refractivity (Wildman–Crippen MR) is 55.7 cm³/mol. The van der Waals surface area contributed by atoms with Gasteiger partial charge < -0.3 is 11.5 Å². The van der Waals surface area contributed by atoms with Gasteiger partial charge in [0.05, 0.1) is 16.9 Å². The van der Waals surface area contributed by atoms with Crippen molar-refractivity contribution >= 4 is 37.0 Å². The number of nitrogens with one attached hydrogen (secondary N) is 1. The second-order valence-corrected chi connectivity index (χ2v) is 2.61. The number of hydrogen-bond donors (Lipinski definition) is 3. The van der Waals surface area contributed by atoms with E-state index in [0.29, 0.717) is 6.29 Å². The molecule has 0 aliphatic carbocycles. The third-order valence-electron chi connectivity index (χ3n) is 1.76. The van der Waals surface area contributed by atoms with Gasteiger partial charge in [0.1, 0.15) is 11.4 Å². The minimum Gasteiger partial charge on any atom is -0.397 e. The van der Waals surface area contributed by atoms with Gasteiger partial charge in [-0.3, -0.25) is 9.82 Å². The molecule has 15 heavy (non-hydrogen) atoms. The molecule has 8 heteroatoms. The third kappa shape index (κ3) is 1.83. The molecule has 74 valence electrons. The molecular weight excluding hydrogens is 195 g/mol. The zero-order valence-corrected chi connectivity index (χ0v) is 7.64. The van der Waals surface area contributed by atoms with Gasteiger partial charge in [0, 0.05) is 0 Å². The lowest BCUT2D eigenvalue weighted by Gasteiger charge is -2.07. The van der Waals surface area contributed by atoms with Gasteiger partial charge in [0.2, 0.25) is 0 Å². The molecule has 0 aromatic heterocycles. The summed E-state index contributed by atoms with van der Waals surface area (Å²) in [7, 11) is 4.86. The molecule has 1 rings (SSSR count). The molecule has 7 nitrogen and oxygen atoms in total. The van der Waals surface area contributed by atoms with E-state index >= 15 is 0 Å². The van der Waals surface area contributed by atoms with Crippen molar-refractivity contribution in [3.63, 3.8) is 0 Å². The maximum Gasteiger partial charge on any atom is 0.293 e. The molecule has 0 saturated heterocycles. The first kappa shape index (κ1) is 10.8.